The first-order valence-electron chi connectivity index (χ1n) is 13.0. The lowest BCUT2D eigenvalue weighted by atomic mass is 9.59. The molecule has 9 heteroatoms. The summed E-state index contributed by atoms with van der Waals surface area (Å²) in [6, 6.07) is 12.6. The van der Waals surface area contributed by atoms with Crippen molar-refractivity contribution in [1.82, 2.24) is 4.90 Å². The Labute approximate surface area is 239 Å². The van der Waals surface area contributed by atoms with Crippen molar-refractivity contribution in [2.75, 3.05) is 14.2 Å². The number of ether oxygens (including phenoxy) is 2. The van der Waals surface area contributed by atoms with Crippen LogP contribution >= 0.6 is 15.9 Å². The van der Waals surface area contributed by atoms with Crippen molar-refractivity contribution in [1.29, 1.82) is 0 Å². The second-order valence-electron chi connectivity index (χ2n) is 10.4. The van der Waals surface area contributed by atoms with Crippen LogP contribution in [-0.2, 0) is 25.7 Å². The number of amides is 2. The molecular formula is C31H26BrNO7. The maximum atomic E-state index is 13.9. The minimum Gasteiger partial charge on any atom is -0.502 e. The van der Waals surface area contributed by atoms with Gasteiger partial charge in [0.25, 0.3) is 0 Å². The molecule has 4 unspecified atom stereocenters. The van der Waals surface area contributed by atoms with E-state index in [0.717, 1.165) is 11.1 Å². The third kappa shape index (κ3) is 3.94. The molecule has 2 aromatic carbocycles. The lowest BCUT2D eigenvalue weighted by Gasteiger charge is -2.42. The van der Waals surface area contributed by atoms with Crippen LogP contribution in [0.1, 0.15) is 29.9 Å². The number of Topliss-reactive ketones (excluding diaryl/α,β-unsaturated/α-hetero) is 1. The van der Waals surface area contributed by atoms with Gasteiger partial charge in [-0.2, -0.15) is 0 Å². The number of likely N-dealkylation sites (tertiary alicyclic amines) is 1. The van der Waals surface area contributed by atoms with Crippen LogP contribution in [0.4, 0.5) is 0 Å². The van der Waals surface area contributed by atoms with Gasteiger partial charge >= 0.3 is 0 Å². The number of benzene rings is 2. The molecule has 8 nitrogen and oxygen atoms in total. The highest BCUT2D eigenvalue weighted by atomic mass is 79.9. The number of methoxy groups -OCH3 is 2. The van der Waals surface area contributed by atoms with E-state index in [-0.39, 0.29) is 58.1 Å². The zero-order valence-corrected chi connectivity index (χ0v) is 23.4. The van der Waals surface area contributed by atoms with Gasteiger partial charge in [-0.1, -0.05) is 42.0 Å². The Morgan fingerprint density at radius 2 is 1.65 bits per heavy atom. The zero-order chi connectivity index (χ0) is 28.3. The topological polar surface area (TPSA) is 110 Å². The van der Waals surface area contributed by atoms with Crippen LogP contribution < -0.4 is 9.47 Å². The average molecular weight is 604 g/mol. The first kappa shape index (κ1) is 26.3. The molecular weight excluding hydrogens is 578 g/mol. The molecule has 0 bridgehead atoms. The summed E-state index contributed by atoms with van der Waals surface area (Å²) in [7, 11) is 2.83. The van der Waals surface area contributed by atoms with Gasteiger partial charge in [-0.3, -0.25) is 24.1 Å². The molecule has 4 atom stereocenters. The predicted octanol–water partition coefficient (Wildman–Crippen LogP) is 4.37. The predicted molar refractivity (Wildman–Crippen MR) is 148 cm³/mol. The molecule has 0 saturated carbocycles. The molecule has 4 aliphatic rings. The van der Waals surface area contributed by atoms with Crippen LogP contribution in [0.3, 0.4) is 0 Å². The van der Waals surface area contributed by atoms with Crippen molar-refractivity contribution in [3.63, 3.8) is 0 Å². The highest BCUT2D eigenvalue weighted by molar-refractivity contribution is 9.12. The molecule has 1 fully saturated rings. The third-order valence-corrected chi connectivity index (χ3v) is 9.03. The van der Waals surface area contributed by atoms with Crippen molar-refractivity contribution in [3.05, 3.63) is 86.9 Å². The third-order valence-electron chi connectivity index (χ3n) is 8.44. The molecule has 1 N–H and O–H groups in total. The number of ketones is 2. The Hall–Kier alpha value is -3.98. The van der Waals surface area contributed by atoms with E-state index in [1.807, 2.05) is 36.4 Å². The molecule has 1 saturated heterocycles. The zero-order valence-electron chi connectivity index (χ0n) is 21.8. The molecule has 3 aliphatic carbocycles. The van der Waals surface area contributed by atoms with Gasteiger partial charge in [0.1, 0.15) is 0 Å². The number of carbonyl (C=O) groups is 4. The van der Waals surface area contributed by atoms with E-state index >= 15 is 0 Å². The van der Waals surface area contributed by atoms with Crippen molar-refractivity contribution in [2.45, 2.75) is 25.3 Å². The number of aromatic hydroxyl groups is 1. The minimum atomic E-state index is -0.683. The van der Waals surface area contributed by atoms with E-state index in [1.165, 1.54) is 25.2 Å². The second-order valence-corrected chi connectivity index (χ2v) is 11.3. The van der Waals surface area contributed by atoms with Crippen LogP contribution in [0.25, 0.3) is 0 Å². The van der Waals surface area contributed by atoms with Crippen LogP contribution in [-0.4, -0.2) is 47.6 Å². The lowest BCUT2D eigenvalue weighted by Crippen LogP contribution is -2.39. The minimum absolute atomic E-state index is 0.153. The number of imide groups is 1. The molecule has 0 radical (unpaired) electrons. The molecule has 0 spiro atoms. The van der Waals surface area contributed by atoms with Gasteiger partial charge in [-0.05, 0) is 57.9 Å². The molecule has 1 aliphatic heterocycles. The Morgan fingerprint density at radius 1 is 0.975 bits per heavy atom. The SMILES string of the molecule is COc1cc(C2C3=CCC4C(=O)N(Cc5ccccc5)C(=O)C4C3CC3=C2C(=O)C=C(Br)C3=O)cc(OC)c1O. The van der Waals surface area contributed by atoms with Gasteiger partial charge < -0.3 is 14.6 Å². The summed E-state index contributed by atoms with van der Waals surface area (Å²) in [4.78, 5) is 55.6. The quantitative estimate of drug-likeness (QED) is 0.307. The van der Waals surface area contributed by atoms with Crippen molar-refractivity contribution in [2.24, 2.45) is 17.8 Å². The fourth-order valence-corrected chi connectivity index (χ4v) is 7.10. The largest absolute Gasteiger partial charge is 0.502 e. The molecule has 2 amide bonds. The van der Waals surface area contributed by atoms with Crippen LogP contribution in [0.2, 0.25) is 0 Å². The number of rotatable bonds is 5. The second kappa shape index (κ2) is 9.89. The summed E-state index contributed by atoms with van der Waals surface area (Å²) < 4.78 is 10.9. The van der Waals surface area contributed by atoms with Gasteiger partial charge in [-0.15, -0.1) is 0 Å². The van der Waals surface area contributed by atoms with Gasteiger partial charge in [0, 0.05) is 23.1 Å². The smallest absolute Gasteiger partial charge is 0.234 e. The maximum Gasteiger partial charge on any atom is 0.234 e. The van der Waals surface area contributed by atoms with Crippen LogP contribution in [0.15, 0.2) is 75.8 Å². The first-order valence-corrected chi connectivity index (χ1v) is 13.8. The number of allylic oxidation sites excluding steroid dienone is 6. The number of fused-ring (bicyclic) bond motifs is 3. The van der Waals surface area contributed by atoms with Gasteiger partial charge in [0.15, 0.2) is 23.1 Å². The molecule has 1 heterocycles. The highest BCUT2D eigenvalue weighted by Crippen LogP contribution is 2.56. The Kier molecular flexibility index (Phi) is 6.49. The summed E-state index contributed by atoms with van der Waals surface area (Å²) >= 11 is 3.24. The summed E-state index contributed by atoms with van der Waals surface area (Å²) in [5, 5.41) is 10.5. The Morgan fingerprint density at radius 3 is 2.30 bits per heavy atom. The van der Waals surface area contributed by atoms with Gasteiger partial charge in [0.05, 0.1) is 37.1 Å². The fourth-order valence-electron chi connectivity index (χ4n) is 6.65. The normalized spacial score (nSPS) is 25.7. The van der Waals surface area contributed by atoms with Gasteiger partial charge in [0.2, 0.25) is 17.6 Å². The molecule has 0 aromatic heterocycles. The number of hydrogen-bond acceptors (Lipinski definition) is 7. The Balaban J connectivity index is 1.48. The van der Waals surface area contributed by atoms with Crippen molar-refractivity contribution in [3.8, 4) is 17.2 Å². The number of phenolic OH excluding ortho intramolecular Hbond substituents is 1. The number of halogens is 1. The summed E-state index contributed by atoms with van der Waals surface area (Å²) in [5.74, 6) is -3.30. The van der Waals surface area contributed by atoms with Crippen molar-refractivity contribution < 1.29 is 33.8 Å². The summed E-state index contributed by atoms with van der Waals surface area (Å²) in [6.45, 7) is 0.184. The van der Waals surface area contributed by atoms with Gasteiger partial charge in [-0.25, -0.2) is 0 Å². The van der Waals surface area contributed by atoms with E-state index in [4.69, 9.17) is 9.47 Å². The van der Waals surface area contributed by atoms with Crippen LogP contribution in [0, 0.1) is 17.8 Å². The molecule has 204 valence electrons. The van der Waals surface area contributed by atoms with E-state index in [9.17, 15) is 24.3 Å². The number of carbonyl (C=O) groups excluding carboxylic acids is 4. The van der Waals surface area contributed by atoms with Crippen molar-refractivity contribution >= 4 is 39.3 Å². The lowest BCUT2D eigenvalue weighted by molar-refractivity contribution is -0.140. The molecule has 6 rings (SSSR count). The van der Waals surface area contributed by atoms with Crippen LogP contribution in [0.5, 0.6) is 17.2 Å². The fraction of sp³-hybridized carbons (Fsp3) is 0.290. The molecule has 40 heavy (non-hydrogen) atoms. The number of nitrogens with zero attached hydrogens (tertiary/aromatic N) is 1. The molecule has 2 aromatic rings. The number of hydrogen-bond donors (Lipinski definition) is 1. The van der Waals surface area contributed by atoms with E-state index in [2.05, 4.69) is 15.9 Å². The maximum absolute atomic E-state index is 13.9. The summed E-state index contributed by atoms with van der Waals surface area (Å²) in [6.07, 6.45) is 3.76. The standard InChI is InChI=1S/C31H26BrNO7/c1-39-23-10-16(11-24(40-2)29(23)36)25-17-8-9-18-26(19(17)12-20-27(25)22(34)13-21(32)28(20)35)31(38)33(30(18)37)14-15-6-4-3-5-7-15/h3-8,10-11,13,18-19,25-26,36H,9,12,14H2,1-2H3. The number of phenols is 1. The highest BCUT2D eigenvalue weighted by Gasteiger charge is 2.56. The monoisotopic (exact) mass is 603 g/mol. The summed E-state index contributed by atoms with van der Waals surface area (Å²) in [5.41, 5.74) is 2.92. The van der Waals surface area contributed by atoms with E-state index in [0.29, 0.717) is 23.1 Å². The average Bonchev–Trinajstić information content (AvgIpc) is 3.20. The Bertz CT molecular complexity index is 1550. The van der Waals surface area contributed by atoms with E-state index < -0.39 is 23.7 Å². The first-order chi connectivity index (χ1) is 19.2. The van der Waals surface area contributed by atoms with E-state index in [1.54, 1.807) is 12.1 Å².